The summed E-state index contributed by atoms with van der Waals surface area (Å²) in [6.07, 6.45) is 8.06. The molecular weight excluding hydrogens is 500 g/mol. The van der Waals surface area contributed by atoms with Crippen LogP contribution in [-0.4, -0.2) is 50.0 Å². The van der Waals surface area contributed by atoms with E-state index in [9.17, 15) is 9.90 Å². The maximum Gasteiger partial charge on any atom is 0.354 e. The lowest BCUT2D eigenvalue weighted by molar-refractivity contribution is -0.134. The van der Waals surface area contributed by atoms with Gasteiger partial charge in [0, 0.05) is 41.5 Å². The molecule has 1 aliphatic rings. The minimum Gasteiger partial charge on any atom is -0.481 e. The number of aliphatic carboxylic acids is 1. The summed E-state index contributed by atoms with van der Waals surface area (Å²) in [5, 5.41) is 25.3. The Balaban J connectivity index is 0.000000751. The molecule has 180 valence electrons. The largest absolute Gasteiger partial charge is 0.481 e. The van der Waals surface area contributed by atoms with E-state index in [0.29, 0.717) is 18.7 Å². The number of hydrogen-bond donors (Lipinski definition) is 3. The smallest absolute Gasteiger partial charge is 0.354 e. The number of fused-ring (bicyclic) bond motifs is 3. The molecule has 2 heterocycles. The molecule has 3 N–H and O–H groups in total. The molecule has 4 rings (SSSR count). The predicted molar refractivity (Wildman–Crippen MR) is 133 cm³/mol. The van der Waals surface area contributed by atoms with E-state index in [1.807, 2.05) is 12.3 Å². The Kier molecular flexibility index (Phi) is 9.35. The van der Waals surface area contributed by atoms with Crippen molar-refractivity contribution in [3.05, 3.63) is 69.6 Å². The summed E-state index contributed by atoms with van der Waals surface area (Å²) < 4.78 is 2.78. The van der Waals surface area contributed by atoms with Crippen molar-refractivity contribution in [3.8, 4) is 11.3 Å². The van der Waals surface area contributed by atoms with Crippen LogP contribution in [0.5, 0.6) is 0 Å². The van der Waals surface area contributed by atoms with E-state index in [1.165, 1.54) is 5.56 Å². The SMILES string of the molecule is CC(=O)O.O=C(O)c1c2c(nn1CCCNCCCc1ccc(Br)cc1)-c1ccncc1CC2. The third-order valence-corrected chi connectivity index (χ3v) is 6.04. The molecule has 0 amide bonds. The van der Waals surface area contributed by atoms with E-state index in [1.54, 1.807) is 10.9 Å². The monoisotopic (exact) mass is 528 g/mol. The number of carboxylic acid groups (broad SMARTS) is 2. The number of hydrogen-bond acceptors (Lipinski definition) is 5. The van der Waals surface area contributed by atoms with E-state index in [2.05, 4.69) is 55.6 Å². The molecule has 0 spiro atoms. The highest BCUT2D eigenvalue weighted by atomic mass is 79.9. The maximum absolute atomic E-state index is 11.9. The first-order chi connectivity index (χ1) is 16.4. The van der Waals surface area contributed by atoms with Gasteiger partial charge in [-0.3, -0.25) is 14.5 Å². The first-order valence-electron chi connectivity index (χ1n) is 11.3. The van der Waals surface area contributed by atoms with Gasteiger partial charge in [-0.25, -0.2) is 4.79 Å². The molecule has 1 aliphatic carbocycles. The lowest BCUT2D eigenvalue weighted by Gasteiger charge is -2.14. The van der Waals surface area contributed by atoms with Crippen molar-refractivity contribution < 1.29 is 19.8 Å². The minimum atomic E-state index is -0.899. The highest BCUT2D eigenvalue weighted by molar-refractivity contribution is 9.10. The summed E-state index contributed by atoms with van der Waals surface area (Å²) in [5.74, 6) is -1.73. The first kappa shape index (κ1) is 25.6. The number of rotatable bonds is 9. The summed E-state index contributed by atoms with van der Waals surface area (Å²) >= 11 is 3.46. The topological polar surface area (TPSA) is 117 Å². The van der Waals surface area contributed by atoms with Crippen LogP contribution in [-0.2, 0) is 30.6 Å². The van der Waals surface area contributed by atoms with Crippen LogP contribution in [0.1, 0.15) is 46.9 Å². The fraction of sp³-hybridized carbons (Fsp3) is 0.360. The molecule has 0 aliphatic heterocycles. The van der Waals surface area contributed by atoms with Crippen LogP contribution < -0.4 is 5.32 Å². The third-order valence-electron chi connectivity index (χ3n) is 5.51. The van der Waals surface area contributed by atoms with E-state index in [-0.39, 0.29) is 0 Å². The molecule has 0 unspecified atom stereocenters. The fourth-order valence-electron chi connectivity index (χ4n) is 4.02. The van der Waals surface area contributed by atoms with Crippen molar-refractivity contribution in [2.45, 2.75) is 45.6 Å². The van der Waals surface area contributed by atoms with Crippen LogP contribution in [0.25, 0.3) is 11.3 Å². The highest BCUT2D eigenvalue weighted by Crippen LogP contribution is 2.34. The predicted octanol–water partition coefficient (Wildman–Crippen LogP) is 4.21. The van der Waals surface area contributed by atoms with Crippen LogP contribution in [0.2, 0.25) is 0 Å². The van der Waals surface area contributed by atoms with E-state index < -0.39 is 11.9 Å². The van der Waals surface area contributed by atoms with Crippen LogP contribution >= 0.6 is 15.9 Å². The Labute approximate surface area is 207 Å². The first-order valence-corrected chi connectivity index (χ1v) is 12.1. The number of nitrogens with zero attached hydrogens (tertiary/aromatic N) is 3. The third kappa shape index (κ3) is 6.98. The van der Waals surface area contributed by atoms with E-state index >= 15 is 0 Å². The van der Waals surface area contributed by atoms with Crippen molar-refractivity contribution in [1.82, 2.24) is 20.1 Å². The van der Waals surface area contributed by atoms with Crippen molar-refractivity contribution in [1.29, 1.82) is 0 Å². The summed E-state index contributed by atoms with van der Waals surface area (Å²) in [6.45, 7) is 3.46. The molecular formula is C25H29BrN4O4. The molecule has 0 bridgehead atoms. The van der Waals surface area contributed by atoms with Gasteiger partial charge in [-0.2, -0.15) is 5.10 Å². The van der Waals surface area contributed by atoms with Gasteiger partial charge >= 0.3 is 5.97 Å². The van der Waals surface area contributed by atoms with Gasteiger partial charge in [0.05, 0.1) is 5.69 Å². The number of nitrogens with one attached hydrogen (secondary N) is 1. The van der Waals surface area contributed by atoms with E-state index in [0.717, 1.165) is 72.6 Å². The van der Waals surface area contributed by atoms with Gasteiger partial charge in [-0.1, -0.05) is 28.1 Å². The minimum absolute atomic E-state index is 0.336. The van der Waals surface area contributed by atoms with Crippen molar-refractivity contribution in [3.63, 3.8) is 0 Å². The molecule has 3 aromatic rings. The molecule has 2 aromatic heterocycles. The van der Waals surface area contributed by atoms with Gasteiger partial charge in [0.15, 0.2) is 0 Å². The normalized spacial score (nSPS) is 11.7. The molecule has 8 nitrogen and oxygen atoms in total. The van der Waals surface area contributed by atoms with Crippen molar-refractivity contribution in [2.24, 2.45) is 0 Å². The second-order valence-electron chi connectivity index (χ2n) is 8.09. The lowest BCUT2D eigenvalue weighted by atomic mass is 9.90. The van der Waals surface area contributed by atoms with Crippen molar-refractivity contribution >= 4 is 27.9 Å². The van der Waals surface area contributed by atoms with Crippen molar-refractivity contribution in [2.75, 3.05) is 13.1 Å². The Morgan fingerprint density at radius 2 is 1.79 bits per heavy atom. The molecule has 0 saturated carbocycles. The number of aromatic nitrogens is 3. The maximum atomic E-state index is 11.9. The van der Waals surface area contributed by atoms with Gasteiger partial charge in [-0.15, -0.1) is 0 Å². The van der Waals surface area contributed by atoms with E-state index in [4.69, 9.17) is 9.90 Å². The second kappa shape index (κ2) is 12.4. The van der Waals surface area contributed by atoms with Crippen LogP contribution in [0.3, 0.4) is 0 Å². The van der Waals surface area contributed by atoms with Gasteiger partial charge in [0.1, 0.15) is 5.69 Å². The highest BCUT2D eigenvalue weighted by Gasteiger charge is 2.27. The van der Waals surface area contributed by atoms with Gasteiger partial charge in [0.25, 0.3) is 5.97 Å². The number of aryl methyl sites for hydroxylation is 3. The average Bonchev–Trinajstić information content (AvgIpc) is 3.18. The summed E-state index contributed by atoms with van der Waals surface area (Å²) in [5.41, 5.74) is 5.48. The summed E-state index contributed by atoms with van der Waals surface area (Å²) in [7, 11) is 0. The average molecular weight is 529 g/mol. The van der Waals surface area contributed by atoms with Gasteiger partial charge in [-0.05, 0) is 74.5 Å². The Bertz CT molecular complexity index is 1120. The van der Waals surface area contributed by atoms with Crippen LogP contribution in [0.4, 0.5) is 0 Å². The zero-order valence-electron chi connectivity index (χ0n) is 19.1. The standard InChI is InChI=1S/C23H25BrN4O2.C2H4O2/c24-18-7-4-16(5-8-18)3-1-11-25-12-2-14-28-22(23(29)30)20-9-6-17-15-26-13-10-19(17)21(20)27-28;1-2(3)4/h4-5,7-8,10,13,15,25H,1-3,6,9,11-12,14H2,(H,29,30);1H3,(H,3,4). The van der Waals surface area contributed by atoms with Gasteiger partial charge in [0.2, 0.25) is 0 Å². The van der Waals surface area contributed by atoms with Crippen LogP contribution in [0.15, 0.2) is 47.2 Å². The quantitative estimate of drug-likeness (QED) is 0.356. The molecule has 0 fully saturated rings. The number of carbonyl (C=O) groups is 2. The van der Waals surface area contributed by atoms with Crippen LogP contribution in [0, 0.1) is 0 Å². The molecule has 1 aromatic carbocycles. The molecule has 34 heavy (non-hydrogen) atoms. The fourth-order valence-corrected chi connectivity index (χ4v) is 4.28. The number of halogens is 1. The number of benzene rings is 1. The molecule has 0 atom stereocenters. The number of pyridine rings is 1. The molecule has 0 radical (unpaired) electrons. The molecule has 9 heteroatoms. The summed E-state index contributed by atoms with van der Waals surface area (Å²) in [4.78, 5) is 25.1. The zero-order chi connectivity index (χ0) is 24.5. The Hall–Kier alpha value is -3.04. The molecule has 0 saturated heterocycles. The zero-order valence-corrected chi connectivity index (χ0v) is 20.7. The van der Waals surface area contributed by atoms with Gasteiger partial charge < -0.3 is 15.5 Å². The summed E-state index contributed by atoms with van der Waals surface area (Å²) in [6, 6.07) is 10.4. The lowest BCUT2D eigenvalue weighted by Crippen LogP contribution is -2.20. The number of carboxylic acids is 2. The number of aromatic carboxylic acids is 1. The Morgan fingerprint density at radius 1 is 1.09 bits per heavy atom. The Morgan fingerprint density at radius 3 is 2.50 bits per heavy atom. The second-order valence-corrected chi connectivity index (χ2v) is 9.01.